The van der Waals surface area contributed by atoms with E-state index in [0.29, 0.717) is 13.1 Å². The normalized spacial score (nSPS) is 13.5. The molecule has 39 aromatic rings. The monoisotopic (exact) mass is 1830 g/mol. The third kappa shape index (κ3) is 7.79. The summed E-state index contributed by atoms with van der Waals surface area (Å²) in [5.74, 6) is 0. The van der Waals surface area contributed by atoms with Gasteiger partial charge in [-0.05, 0) is 157 Å². The van der Waals surface area contributed by atoms with Crippen molar-refractivity contribution in [3.8, 4) is 0 Å². The van der Waals surface area contributed by atoms with Gasteiger partial charge < -0.3 is 53.8 Å². The predicted octanol–water partition coefficient (Wildman–Crippen LogP) is 33.5. The number of fused-ring (bicyclic) bond motifs is 60. The van der Waals surface area contributed by atoms with Crippen molar-refractivity contribution in [1.82, 2.24) is 53.8 Å². The van der Waals surface area contributed by atoms with Crippen LogP contribution in [0, 0.1) is 0 Å². The Hall–Kier alpha value is -18.8. The molecule has 0 N–H and O–H groups in total. The van der Waals surface area contributed by atoms with Gasteiger partial charge in [-0.2, -0.15) is 0 Å². The Bertz CT molecular complexity index is 13200. The molecule has 0 unspecified atom stereocenters. The van der Waals surface area contributed by atoms with Gasteiger partial charge in [-0.15, -0.1) is 0 Å². The Kier molecular flexibility index (Phi) is 12.0. The fourth-order valence-corrected chi connectivity index (χ4v) is 30.7. The van der Waals surface area contributed by atoms with Crippen LogP contribution in [-0.4, -0.2) is 53.8 Å². The van der Waals surface area contributed by atoms with Crippen molar-refractivity contribution in [1.29, 1.82) is 0 Å². The molecule has 21 aromatic carbocycles. The molecule has 18 aromatic heterocycles. The molecule has 0 fully saturated rings. The lowest BCUT2D eigenvalue weighted by atomic mass is 9.99. The van der Waals surface area contributed by atoms with E-state index in [1.807, 2.05) is 0 Å². The fourth-order valence-electron chi connectivity index (χ4n) is 30.7. The van der Waals surface area contributed by atoms with Crippen LogP contribution in [0.3, 0.4) is 0 Å². The van der Waals surface area contributed by atoms with E-state index in [0.717, 1.165) is 0 Å². The van der Waals surface area contributed by atoms with E-state index in [-0.39, 0.29) is 0 Å². The Labute approximate surface area is 811 Å². The van der Waals surface area contributed by atoms with Gasteiger partial charge in [-0.3, -0.25) is 0 Å². The van der Waals surface area contributed by atoms with Gasteiger partial charge in [0.05, 0.1) is 127 Å². The predicted molar refractivity (Wildman–Crippen MR) is 607 cm³/mol. The molecule has 0 aliphatic carbocycles. The number of nitrogens with zero attached hydrogens (tertiary/aromatic N) is 12. The number of aryl methyl sites for hydroxylation is 4. The van der Waals surface area contributed by atoms with Crippen LogP contribution in [0.5, 0.6) is 0 Å². The molecule has 662 valence electrons. The molecule has 0 spiro atoms. The van der Waals surface area contributed by atoms with Gasteiger partial charge in [0.15, 0.2) is 0 Å². The van der Waals surface area contributed by atoms with Crippen LogP contribution in [0.2, 0.25) is 0 Å². The lowest BCUT2D eigenvalue weighted by molar-refractivity contribution is 0.869. The number of aromatic nitrogens is 12. The molecule has 0 radical (unpaired) electrons. The van der Waals surface area contributed by atoms with Crippen LogP contribution in [-0.2, 0) is 41.3 Å². The molecule has 0 amide bonds. The highest BCUT2D eigenvalue weighted by Crippen LogP contribution is 2.58. The number of hydrogen-bond donors (Lipinski definition) is 0. The Morgan fingerprint density at radius 1 is 0.132 bits per heavy atom. The van der Waals surface area contributed by atoms with Crippen molar-refractivity contribution in [2.75, 3.05) is 0 Å². The van der Waals surface area contributed by atoms with Crippen LogP contribution in [0.4, 0.5) is 0 Å². The van der Waals surface area contributed by atoms with Crippen molar-refractivity contribution in [2.45, 2.75) is 13.1 Å². The molecular weight excluding hydrogens is 1750 g/mol. The second-order valence-corrected chi connectivity index (χ2v) is 42.2. The van der Waals surface area contributed by atoms with Crippen molar-refractivity contribution >= 4 is 359 Å². The summed E-state index contributed by atoms with van der Waals surface area (Å²) in [6, 6.07) is 137. The van der Waals surface area contributed by atoms with E-state index in [2.05, 4.69) is 434 Å². The summed E-state index contributed by atoms with van der Waals surface area (Å²) < 4.78 is 30.8. The highest BCUT2D eigenvalue weighted by Gasteiger charge is 2.35. The van der Waals surface area contributed by atoms with Gasteiger partial charge in [0.2, 0.25) is 0 Å². The molecule has 0 bridgehead atoms. The maximum absolute atomic E-state index is 2.69. The molecule has 0 saturated carbocycles. The summed E-state index contributed by atoms with van der Waals surface area (Å²) in [4.78, 5) is 0. The van der Waals surface area contributed by atoms with Crippen LogP contribution < -0.4 is 0 Å². The third-order valence-electron chi connectivity index (χ3n) is 36.2. The quantitative estimate of drug-likeness (QED) is 0.169. The highest BCUT2D eigenvalue weighted by atomic mass is 15.0. The fraction of sp³-hybridized carbons (Fsp3) is 0.0455. The van der Waals surface area contributed by atoms with Crippen molar-refractivity contribution in [3.63, 3.8) is 0 Å². The zero-order chi connectivity index (χ0) is 92.6. The van der Waals surface area contributed by atoms with Gasteiger partial charge in [-0.1, -0.05) is 206 Å². The first kappa shape index (κ1) is 72.5. The van der Waals surface area contributed by atoms with E-state index in [4.69, 9.17) is 0 Å². The van der Waals surface area contributed by atoms with Gasteiger partial charge in [0.25, 0.3) is 0 Å². The Morgan fingerprint density at radius 2 is 0.438 bits per heavy atom. The lowest BCUT2D eigenvalue weighted by Crippen LogP contribution is -2.00. The maximum Gasteiger partial charge on any atom is 0.0642 e. The summed E-state index contributed by atoms with van der Waals surface area (Å²) in [7, 11) is 9.09. The minimum absolute atomic E-state index is 0.648. The number of rotatable bonds is 4. The number of hydrogen-bond acceptors (Lipinski definition) is 0. The molecule has 144 heavy (non-hydrogen) atoms. The summed E-state index contributed by atoms with van der Waals surface area (Å²) >= 11 is 0. The van der Waals surface area contributed by atoms with E-state index >= 15 is 0 Å². The van der Waals surface area contributed by atoms with Gasteiger partial charge in [-0.25, -0.2) is 0 Å². The summed E-state index contributed by atoms with van der Waals surface area (Å²) in [5.41, 5.74) is 40.0. The summed E-state index contributed by atoms with van der Waals surface area (Å²) in [6.45, 7) is 1.34. The topological polar surface area (TPSA) is 56.0 Å². The van der Waals surface area contributed by atoms with E-state index in [9.17, 15) is 0 Å². The third-order valence-corrected chi connectivity index (χ3v) is 36.2. The first-order chi connectivity index (χ1) is 71.2. The standard InChI is InChI=1S/C132H74N12/c1-133-94-39-15-10-30-74(94)115-100(133)48-50-103-119(115)78-35-22-33-72-80-56-107-81(55-106(80)142(103)125(72)78)73-34-23-36-79-120-104(143(107)126(73)79)51-49-101-116(120)75-31-11-16-40-95(75)137(101)63-65-46-47-77-105(52-65)134(2)112-57-85-70-28-8-19-43-98(70)139-108-60-88-109(59-87(108)121(117(77)112)129(85)139)140-99-44-20-9-29-71(99)86-58-113-118(122(88)130(86)140)76-32-12-17-41-96(76)138(113)64-66-24-21-45-102-114(66)91-54-83-68-26-6-14-38-93(68)136(4)128(83)124-90-61-110-89(62-111(90)144(102)132(91)124)123-127-82(67-25-5-13-37-92(67)135(127)3)53-84-69-27-7-18-42-97(69)141(110)131(84)123/h5-62H,63-64H2,1-4H3. The maximum atomic E-state index is 2.69. The van der Waals surface area contributed by atoms with E-state index in [1.165, 1.54) is 371 Å². The van der Waals surface area contributed by atoms with Crippen LogP contribution in [0.15, 0.2) is 352 Å². The Morgan fingerprint density at radius 3 is 0.972 bits per heavy atom. The molecule has 0 saturated heterocycles. The molecule has 12 heteroatoms. The summed E-state index contributed by atoms with van der Waals surface area (Å²) in [6.07, 6.45) is 0. The average molecular weight is 1830 g/mol. The minimum Gasteiger partial charge on any atom is -0.344 e. The largest absolute Gasteiger partial charge is 0.344 e. The van der Waals surface area contributed by atoms with Crippen LogP contribution in [0.1, 0.15) is 11.1 Å². The zero-order valence-corrected chi connectivity index (χ0v) is 78.3. The van der Waals surface area contributed by atoms with Crippen molar-refractivity contribution in [3.05, 3.63) is 363 Å². The van der Waals surface area contributed by atoms with E-state index in [1.54, 1.807) is 0 Å². The molecule has 12 nitrogen and oxygen atoms in total. The van der Waals surface area contributed by atoms with Crippen LogP contribution in [0.25, 0.3) is 359 Å². The molecule has 0 atom stereocenters. The van der Waals surface area contributed by atoms with Gasteiger partial charge in [0, 0.05) is 274 Å². The van der Waals surface area contributed by atoms with Crippen molar-refractivity contribution in [2.24, 2.45) is 28.2 Å². The number of para-hydroxylation sites is 10. The summed E-state index contributed by atoms with van der Waals surface area (Å²) in [5, 5.41) is 46.3. The SMILES string of the molecule is Cn1c2ccccc2c2c3c4cccc5c6cc7c(cc6n(c3ccc21)c54)c1cccc2c3c4c5ccccc5n(Cc5ccc6c8c9c%10cc%11c(cc%10n%10c%12ccccc%12c(cc8n(C)c6c5)c9%10)c5c6c8ccccc8n(Cc8cccc9c8c8cc%10c%12ccccc%12n(C)c%10c%10c%12cc%13c(cc%12n9c8%10)c8c9c(cc%10c%12ccccc%12n%13c%108)c8ccccc8n9C)c6cc6c8ccccc8n%11c65)c4ccc3n7c12. The van der Waals surface area contributed by atoms with E-state index < -0.39 is 0 Å². The van der Waals surface area contributed by atoms with Crippen LogP contribution >= 0.6 is 0 Å². The Balaban J connectivity index is 0.516. The van der Waals surface area contributed by atoms with Gasteiger partial charge >= 0.3 is 0 Å². The number of benzene rings is 21. The zero-order valence-electron chi connectivity index (χ0n) is 78.3. The second-order valence-electron chi connectivity index (χ2n) is 42.2. The smallest absolute Gasteiger partial charge is 0.0642 e. The molecule has 39 rings (SSSR count). The molecule has 0 aliphatic rings. The molecule has 0 aliphatic heterocycles. The van der Waals surface area contributed by atoms with Crippen molar-refractivity contribution < 1.29 is 0 Å². The second kappa shape index (κ2) is 23.8. The highest BCUT2D eigenvalue weighted by molar-refractivity contribution is 6.45. The van der Waals surface area contributed by atoms with Gasteiger partial charge in [0.1, 0.15) is 0 Å². The minimum atomic E-state index is 0.648. The molecule has 18 heterocycles. The lowest BCUT2D eigenvalue weighted by Gasteiger charge is -2.11. The first-order valence-electron chi connectivity index (χ1n) is 50.5. The molecular formula is C132H74N12. The average Bonchev–Trinajstić information content (AvgIpc) is 1.49. The first-order valence-corrected chi connectivity index (χ1v) is 50.5.